The van der Waals surface area contributed by atoms with E-state index in [0.29, 0.717) is 5.88 Å². The Morgan fingerprint density at radius 1 is 1.53 bits per heavy atom. The van der Waals surface area contributed by atoms with Gasteiger partial charge in [-0.1, -0.05) is 0 Å². The van der Waals surface area contributed by atoms with Gasteiger partial charge >= 0.3 is 0 Å². The number of hydrogen-bond donors (Lipinski definition) is 0. The van der Waals surface area contributed by atoms with Crippen molar-refractivity contribution in [3.8, 4) is 0 Å². The van der Waals surface area contributed by atoms with Gasteiger partial charge in [-0.3, -0.25) is 0 Å². The Morgan fingerprint density at radius 2 is 2.27 bits per heavy atom. The molecule has 0 atom stereocenters. The van der Waals surface area contributed by atoms with Crippen LogP contribution in [-0.4, -0.2) is 17.1 Å². The third-order valence-electron chi connectivity index (χ3n) is 3.18. The van der Waals surface area contributed by atoms with Crippen LogP contribution in [0.25, 0.3) is 0 Å². The van der Waals surface area contributed by atoms with Crippen molar-refractivity contribution in [2.75, 3.05) is 7.11 Å². The number of halogens is 1. The number of aromatic nitrogens is 2. The molecule has 1 aromatic rings. The smallest absolute Gasteiger partial charge is 0.160 e. The predicted molar refractivity (Wildman–Crippen MR) is 58.9 cm³/mol. The van der Waals surface area contributed by atoms with E-state index in [0.717, 1.165) is 29.9 Å². The van der Waals surface area contributed by atoms with Gasteiger partial charge in [0.05, 0.1) is 5.88 Å². The minimum atomic E-state index is -0.227. The number of methoxy groups -OCH3 is 1. The molecule has 82 valence electrons. The topological polar surface area (TPSA) is 35.0 Å². The molecule has 0 unspecified atom stereocenters. The highest BCUT2D eigenvalue weighted by Crippen LogP contribution is 2.42. The molecule has 3 nitrogen and oxygen atoms in total. The lowest BCUT2D eigenvalue weighted by Gasteiger charge is -2.38. The van der Waals surface area contributed by atoms with Gasteiger partial charge in [0.2, 0.25) is 0 Å². The maximum Gasteiger partial charge on any atom is 0.160 e. The summed E-state index contributed by atoms with van der Waals surface area (Å²) in [4.78, 5) is 8.84. The summed E-state index contributed by atoms with van der Waals surface area (Å²) in [6.45, 7) is 1.96. The zero-order valence-electron chi connectivity index (χ0n) is 9.09. The molecule has 0 N–H and O–H groups in total. The van der Waals surface area contributed by atoms with Crippen LogP contribution in [0.3, 0.4) is 0 Å². The van der Waals surface area contributed by atoms with Crippen LogP contribution in [0.5, 0.6) is 0 Å². The lowest BCUT2D eigenvalue weighted by atomic mass is 9.79. The molecule has 2 rings (SSSR count). The quantitative estimate of drug-likeness (QED) is 0.743. The molecular formula is C11H15ClN2O. The second-order valence-corrected chi connectivity index (χ2v) is 4.26. The summed E-state index contributed by atoms with van der Waals surface area (Å²) in [5, 5.41) is 0. The molecule has 0 radical (unpaired) electrons. The Kier molecular flexibility index (Phi) is 2.94. The van der Waals surface area contributed by atoms with Crippen molar-refractivity contribution in [3.05, 3.63) is 23.3 Å². The fourth-order valence-corrected chi connectivity index (χ4v) is 2.12. The Labute approximate surface area is 94.8 Å². The average Bonchev–Trinajstić information content (AvgIpc) is 2.17. The van der Waals surface area contributed by atoms with Crippen LogP contribution in [0.2, 0.25) is 0 Å². The fourth-order valence-electron chi connectivity index (χ4n) is 1.86. The van der Waals surface area contributed by atoms with E-state index in [1.807, 2.05) is 13.1 Å². The monoisotopic (exact) mass is 226 g/mol. The molecule has 0 aliphatic heterocycles. The molecule has 4 heteroatoms. The molecule has 0 amide bonds. The fraction of sp³-hybridized carbons (Fsp3) is 0.636. The highest BCUT2D eigenvalue weighted by molar-refractivity contribution is 6.17. The van der Waals surface area contributed by atoms with Gasteiger partial charge in [0.15, 0.2) is 5.82 Å². The van der Waals surface area contributed by atoms with Gasteiger partial charge in [0.25, 0.3) is 0 Å². The maximum absolute atomic E-state index is 5.77. The number of nitrogens with zero attached hydrogens (tertiary/aromatic N) is 2. The Hall–Kier alpha value is -0.670. The van der Waals surface area contributed by atoms with Crippen LogP contribution in [-0.2, 0) is 16.2 Å². The van der Waals surface area contributed by atoms with E-state index in [1.165, 1.54) is 6.42 Å². The normalized spacial score (nSPS) is 18.6. The van der Waals surface area contributed by atoms with Crippen molar-refractivity contribution < 1.29 is 4.74 Å². The standard InChI is InChI=1S/C11H15ClN2O/c1-8-9(6-12)7-13-10(14-8)11(15-2)4-3-5-11/h7H,3-6H2,1-2H3. The lowest BCUT2D eigenvalue weighted by molar-refractivity contribution is -0.0847. The highest BCUT2D eigenvalue weighted by Gasteiger charge is 2.41. The molecule has 1 fully saturated rings. The van der Waals surface area contributed by atoms with Crippen molar-refractivity contribution in [2.24, 2.45) is 0 Å². The summed E-state index contributed by atoms with van der Waals surface area (Å²) in [5.74, 6) is 1.27. The van der Waals surface area contributed by atoms with Crippen LogP contribution in [0.4, 0.5) is 0 Å². The minimum absolute atomic E-state index is 0.227. The summed E-state index contributed by atoms with van der Waals surface area (Å²) in [6.07, 6.45) is 5.03. The summed E-state index contributed by atoms with van der Waals surface area (Å²) in [7, 11) is 1.73. The van der Waals surface area contributed by atoms with Gasteiger partial charge in [-0.25, -0.2) is 9.97 Å². The van der Waals surface area contributed by atoms with Crippen LogP contribution < -0.4 is 0 Å². The molecule has 0 bridgehead atoms. The zero-order chi connectivity index (χ0) is 10.9. The van der Waals surface area contributed by atoms with E-state index >= 15 is 0 Å². The third-order valence-corrected chi connectivity index (χ3v) is 3.47. The Bertz CT molecular complexity index is 358. The Morgan fingerprint density at radius 3 is 2.67 bits per heavy atom. The molecule has 1 saturated carbocycles. The van der Waals surface area contributed by atoms with E-state index in [1.54, 1.807) is 7.11 Å². The summed E-state index contributed by atoms with van der Waals surface area (Å²) >= 11 is 5.77. The van der Waals surface area contributed by atoms with Crippen molar-refractivity contribution in [3.63, 3.8) is 0 Å². The molecule has 15 heavy (non-hydrogen) atoms. The van der Waals surface area contributed by atoms with E-state index < -0.39 is 0 Å². The van der Waals surface area contributed by atoms with Gasteiger partial charge in [-0.05, 0) is 26.2 Å². The van der Waals surface area contributed by atoms with Crippen LogP contribution in [0.1, 0.15) is 36.3 Å². The first kappa shape index (κ1) is 10.8. The van der Waals surface area contributed by atoms with Crippen molar-refractivity contribution in [1.82, 2.24) is 9.97 Å². The summed E-state index contributed by atoms with van der Waals surface area (Å²) in [6, 6.07) is 0. The second-order valence-electron chi connectivity index (χ2n) is 3.99. The average molecular weight is 227 g/mol. The van der Waals surface area contributed by atoms with Gasteiger partial charge in [-0.15, -0.1) is 11.6 Å². The second kappa shape index (κ2) is 4.06. The van der Waals surface area contributed by atoms with Gasteiger partial charge < -0.3 is 4.74 Å². The van der Waals surface area contributed by atoms with E-state index in [9.17, 15) is 0 Å². The first-order chi connectivity index (χ1) is 7.22. The van der Waals surface area contributed by atoms with E-state index in [-0.39, 0.29) is 5.60 Å². The molecule has 1 aliphatic rings. The van der Waals surface area contributed by atoms with Crippen molar-refractivity contribution >= 4 is 11.6 Å². The first-order valence-electron chi connectivity index (χ1n) is 5.16. The maximum atomic E-state index is 5.77. The Balaban J connectivity index is 2.33. The SMILES string of the molecule is COC1(c2ncc(CCl)c(C)n2)CCC1. The molecule has 1 aliphatic carbocycles. The van der Waals surface area contributed by atoms with Gasteiger partial charge in [0.1, 0.15) is 5.60 Å². The number of ether oxygens (including phenoxy) is 1. The van der Waals surface area contributed by atoms with E-state index in [4.69, 9.17) is 16.3 Å². The number of hydrogen-bond acceptors (Lipinski definition) is 3. The van der Waals surface area contributed by atoms with Crippen molar-refractivity contribution in [2.45, 2.75) is 37.7 Å². The van der Waals surface area contributed by atoms with Crippen LogP contribution in [0, 0.1) is 6.92 Å². The molecule has 1 heterocycles. The number of rotatable bonds is 3. The zero-order valence-corrected chi connectivity index (χ0v) is 9.84. The van der Waals surface area contributed by atoms with E-state index in [2.05, 4.69) is 9.97 Å². The molecule has 0 spiro atoms. The summed E-state index contributed by atoms with van der Waals surface area (Å²) in [5.41, 5.74) is 1.72. The molecule has 0 aromatic carbocycles. The highest BCUT2D eigenvalue weighted by atomic mass is 35.5. The first-order valence-corrected chi connectivity index (χ1v) is 5.69. The lowest BCUT2D eigenvalue weighted by Crippen LogP contribution is -2.38. The molecule has 0 saturated heterocycles. The van der Waals surface area contributed by atoms with Gasteiger partial charge in [-0.2, -0.15) is 0 Å². The van der Waals surface area contributed by atoms with Crippen LogP contribution in [0.15, 0.2) is 6.20 Å². The molecular weight excluding hydrogens is 212 g/mol. The number of aryl methyl sites for hydroxylation is 1. The summed E-state index contributed by atoms with van der Waals surface area (Å²) < 4.78 is 5.53. The number of alkyl halides is 1. The van der Waals surface area contributed by atoms with Crippen molar-refractivity contribution in [1.29, 1.82) is 0 Å². The third kappa shape index (κ3) is 1.74. The largest absolute Gasteiger partial charge is 0.370 e. The predicted octanol–water partition coefficient (Wildman–Crippen LogP) is 2.55. The van der Waals surface area contributed by atoms with Gasteiger partial charge in [0, 0.05) is 24.6 Å². The van der Waals surface area contributed by atoms with Crippen LogP contribution >= 0.6 is 11.6 Å². The molecule has 1 aromatic heterocycles. The minimum Gasteiger partial charge on any atom is -0.370 e.